The highest BCUT2D eigenvalue weighted by Crippen LogP contribution is 2.30. The number of ether oxygens (including phenoxy) is 2. The molecule has 1 N–H and O–H groups in total. The van der Waals surface area contributed by atoms with Gasteiger partial charge in [-0.2, -0.15) is 11.3 Å². The number of rotatable bonds is 6. The summed E-state index contributed by atoms with van der Waals surface area (Å²) in [5.41, 5.74) is 2.17. The van der Waals surface area contributed by atoms with E-state index >= 15 is 0 Å². The molecular formula is C17H16ClNO4S. The Kier molecular flexibility index (Phi) is 6.40. The number of hydrogen-bond donors (Lipinski definition) is 1. The maximum Gasteiger partial charge on any atom is 0.331 e. The lowest BCUT2D eigenvalue weighted by Gasteiger charge is -2.12. The topological polar surface area (TPSA) is 64.6 Å². The largest absolute Gasteiger partial charge is 0.495 e. The standard InChI is InChI=1S/C17H16ClNO4S/c1-11-7-14(15(22-2)8-13(11)18)19-16(20)9-23-17(21)4-3-12-5-6-24-10-12/h3-8,10H,9H2,1-2H3,(H,19,20)/b4-3+. The molecule has 1 aromatic carbocycles. The van der Waals surface area contributed by atoms with E-state index in [9.17, 15) is 9.59 Å². The van der Waals surface area contributed by atoms with Crippen LogP contribution in [0.3, 0.4) is 0 Å². The van der Waals surface area contributed by atoms with Crippen LogP contribution in [0.15, 0.2) is 35.0 Å². The van der Waals surface area contributed by atoms with Gasteiger partial charge in [0.25, 0.3) is 5.91 Å². The monoisotopic (exact) mass is 365 g/mol. The van der Waals surface area contributed by atoms with Crippen molar-refractivity contribution in [3.8, 4) is 5.75 Å². The van der Waals surface area contributed by atoms with Crippen LogP contribution < -0.4 is 10.1 Å². The Morgan fingerprint density at radius 3 is 2.83 bits per heavy atom. The molecule has 7 heteroatoms. The molecule has 0 unspecified atom stereocenters. The van der Waals surface area contributed by atoms with Gasteiger partial charge in [-0.3, -0.25) is 4.79 Å². The third kappa shape index (κ3) is 5.11. The maximum atomic E-state index is 11.9. The Bertz CT molecular complexity index is 756. The van der Waals surface area contributed by atoms with Gasteiger partial charge >= 0.3 is 5.97 Å². The highest BCUT2D eigenvalue weighted by Gasteiger charge is 2.11. The minimum atomic E-state index is -0.587. The molecule has 0 radical (unpaired) electrons. The normalized spacial score (nSPS) is 10.6. The fourth-order valence-corrected chi connectivity index (χ4v) is 2.62. The number of anilines is 1. The first kappa shape index (κ1) is 18.0. The van der Waals surface area contributed by atoms with Crippen LogP contribution in [0.2, 0.25) is 5.02 Å². The molecule has 0 aliphatic carbocycles. The van der Waals surface area contributed by atoms with Crippen molar-refractivity contribution in [2.24, 2.45) is 0 Å². The number of amides is 1. The molecule has 0 fully saturated rings. The third-order valence-electron chi connectivity index (χ3n) is 3.06. The Morgan fingerprint density at radius 1 is 1.38 bits per heavy atom. The van der Waals surface area contributed by atoms with E-state index in [0.29, 0.717) is 16.5 Å². The zero-order chi connectivity index (χ0) is 17.5. The second-order valence-electron chi connectivity index (χ2n) is 4.85. The summed E-state index contributed by atoms with van der Waals surface area (Å²) in [7, 11) is 1.48. The smallest absolute Gasteiger partial charge is 0.331 e. The lowest BCUT2D eigenvalue weighted by molar-refractivity contribution is -0.142. The average Bonchev–Trinajstić information content (AvgIpc) is 3.07. The van der Waals surface area contributed by atoms with Gasteiger partial charge in [-0.05, 0) is 47.0 Å². The molecule has 0 saturated carbocycles. The quantitative estimate of drug-likeness (QED) is 0.622. The van der Waals surface area contributed by atoms with E-state index < -0.39 is 18.5 Å². The van der Waals surface area contributed by atoms with Gasteiger partial charge in [0, 0.05) is 17.2 Å². The van der Waals surface area contributed by atoms with E-state index in [2.05, 4.69) is 5.32 Å². The third-order valence-corrected chi connectivity index (χ3v) is 4.16. The molecule has 1 heterocycles. The number of halogens is 1. The molecular weight excluding hydrogens is 350 g/mol. The number of nitrogens with one attached hydrogen (secondary N) is 1. The van der Waals surface area contributed by atoms with Gasteiger partial charge < -0.3 is 14.8 Å². The number of benzene rings is 1. The summed E-state index contributed by atoms with van der Waals surface area (Å²) < 4.78 is 10.1. The Hall–Kier alpha value is -2.31. The minimum absolute atomic E-state index is 0.391. The molecule has 0 spiro atoms. The first-order valence-corrected chi connectivity index (χ1v) is 8.32. The Morgan fingerprint density at radius 2 is 2.17 bits per heavy atom. The van der Waals surface area contributed by atoms with Crippen molar-refractivity contribution < 1.29 is 19.1 Å². The van der Waals surface area contributed by atoms with Crippen molar-refractivity contribution in [2.75, 3.05) is 19.0 Å². The van der Waals surface area contributed by atoms with Gasteiger partial charge in [-0.25, -0.2) is 4.79 Å². The molecule has 0 aliphatic heterocycles. The number of thiophene rings is 1. The maximum absolute atomic E-state index is 11.9. The number of aryl methyl sites for hydroxylation is 1. The predicted molar refractivity (Wildman–Crippen MR) is 95.7 cm³/mol. The van der Waals surface area contributed by atoms with Crippen molar-refractivity contribution in [3.63, 3.8) is 0 Å². The van der Waals surface area contributed by atoms with E-state index in [1.807, 2.05) is 23.8 Å². The molecule has 0 aliphatic rings. The van der Waals surface area contributed by atoms with Crippen LogP contribution in [-0.2, 0) is 14.3 Å². The molecule has 1 amide bonds. The van der Waals surface area contributed by atoms with Gasteiger partial charge in [0.1, 0.15) is 5.75 Å². The predicted octanol–water partition coefficient (Wildman–Crippen LogP) is 3.91. The molecule has 2 rings (SSSR count). The summed E-state index contributed by atoms with van der Waals surface area (Å²) in [6.45, 7) is 1.42. The molecule has 0 saturated heterocycles. The van der Waals surface area contributed by atoms with Crippen LogP contribution in [0.25, 0.3) is 6.08 Å². The van der Waals surface area contributed by atoms with Crippen LogP contribution in [0.4, 0.5) is 5.69 Å². The first-order chi connectivity index (χ1) is 11.5. The molecule has 2 aromatic rings. The second kappa shape index (κ2) is 8.52. The first-order valence-electron chi connectivity index (χ1n) is 7.00. The van der Waals surface area contributed by atoms with Gasteiger partial charge in [0.15, 0.2) is 6.61 Å². The number of carbonyl (C=O) groups excluding carboxylic acids is 2. The van der Waals surface area contributed by atoms with Crippen molar-refractivity contribution in [1.29, 1.82) is 0 Å². The highest BCUT2D eigenvalue weighted by molar-refractivity contribution is 7.08. The summed E-state index contributed by atoms with van der Waals surface area (Å²) in [6, 6.07) is 5.18. The zero-order valence-corrected chi connectivity index (χ0v) is 14.7. The van der Waals surface area contributed by atoms with Gasteiger partial charge in [-0.15, -0.1) is 0 Å². The van der Waals surface area contributed by atoms with Crippen molar-refractivity contribution in [1.82, 2.24) is 0 Å². The molecule has 126 valence electrons. The van der Waals surface area contributed by atoms with E-state index in [0.717, 1.165) is 11.1 Å². The fourth-order valence-electron chi connectivity index (χ4n) is 1.83. The number of carbonyl (C=O) groups is 2. The van der Waals surface area contributed by atoms with Crippen LogP contribution in [0, 0.1) is 6.92 Å². The van der Waals surface area contributed by atoms with Crippen LogP contribution >= 0.6 is 22.9 Å². The van der Waals surface area contributed by atoms with E-state index in [1.54, 1.807) is 18.2 Å². The van der Waals surface area contributed by atoms with Gasteiger partial charge in [0.05, 0.1) is 12.8 Å². The summed E-state index contributed by atoms with van der Waals surface area (Å²) >= 11 is 7.54. The Balaban J connectivity index is 1.89. The van der Waals surface area contributed by atoms with E-state index in [-0.39, 0.29) is 0 Å². The SMILES string of the molecule is COc1cc(Cl)c(C)cc1NC(=O)COC(=O)/C=C/c1ccsc1. The highest BCUT2D eigenvalue weighted by atomic mass is 35.5. The molecule has 5 nitrogen and oxygen atoms in total. The van der Waals surface area contributed by atoms with Crippen LogP contribution in [0.5, 0.6) is 5.75 Å². The lowest BCUT2D eigenvalue weighted by atomic mass is 10.2. The van der Waals surface area contributed by atoms with Crippen LogP contribution in [-0.4, -0.2) is 25.6 Å². The average molecular weight is 366 g/mol. The van der Waals surface area contributed by atoms with Gasteiger partial charge in [-0.1, -0.05) is 11.6 Å². The van der Waals surface area contributed by atoms with E-state index in [1.165, 1.54) is 24.5 Å². The lowest BCUT2D eigenvalue weighted by Crippen LogP contribution is -2.20. The molecule has 0 atom stereocenters. The summed E-state index contributed by atoms with van der Waals surface area (Å²) in [4.78, 5) is 23.5. The summed E-state index contributed by atoms with van der Waals surface area (Å²) in [5.74, 6) is -0.620. The van der Waals surface area contributed by atoms with Crippen LogP contribution in [0.1, 0.15) is 11.1 Å². The molecule has 0 bridgehead atoms. The second-order valence-corrected chi connectivity index (χ2v) is 6.03. The summed E-state index contributed by atoms with van der Waals surface area (Å²) in [5, 5.41) is 6.97. The van der Waals surface area contributed by atoms with E-state index in [4.69, 9.17) is 21.1 Å². The fraction of sp³-hybridized carbons (Fsp3) is 0.176. The van der Waals surface area contributed by atoms with Crippen molar-refractivity contribution in [2.45, 2.75) is 6.92 Å². The van der Waals surface area contributed by atoms with Crippen molar-refractivity contribution in [3.05, 3.63) is 51.2 Å². The minimum Gasteiger partial charge on any atom is -0.495 e. The number of esters is 1. The number of hydrogen-bond acceptors (Lipinski definition) is 5. The van der Waals surface area contributed by atoms with Crippen molar-refractivity contribution >= 4 is 46.6 Å². The molecule has 24 heavy (non-hydrogen) atoms. The number of methoxy groups -OCH3 is 1. The van der Waals surface area contributed by atoms with Gasteiger partial charge in [0.2, 0.25) is 0 Å². The summed E-state index contributed by atoms with van der Waals surface area (Å²) in [6.07, 6.45) is 2.91. The Labute approximate surface area is 148 Å². The molecule has 1 aromatic heterocycles. The zero-order valence-electron chi connectivity index (χ0n) is 13.2.